The SMILES string of the molecule is Cc1noc2nc(C)n(CC(=O)NCc3ccc(F)cc3)c(=O)c12. The van der Waals surface area contributed by atoms with Crippen LogP contribution in [0.2, 0.25) is 0 Å². The summed E-state index contributed by atoms with van der Waals surface area (Å²) in [5.74, 6) is -0.323. The quantitative estimate of drug-likeness (QED) is 0.782. The molecule has 3 rings (SSSR count). The summed E-state index contributed by atoms with van der Waals surface area (Å²) in [6.07, 6.45) is 0. The predicted molar refractivity (Wildman–Crippen MR) is 83.8 cm³/mol. The van der Waals surface area contributed by atoms with E-state index >= 15 is 0 Å². The molecule has 0 bridgehead atoms. The number of aromatic nitrogens is 3. The zero-order valence-electron chi connectivity index (χ0n) is 13.2. The van der Waals surface area contributed by atoms with Crippen molar-refractivity contribution in [3.8, 4) is 0 Å². The number of rotatable bonds is 4. The number of nitrogens with one attached hydrogen (secondary N) is 1. The molecule has 2 heterocycles. The number of nitrogens with zero attached hydrogens (tertiary/aromatic N) is 3. The Kier molecular flexibility index (Phi) is 4.11. The van der Waals surface area contributed by atoms with Crippen molar-refractivity contribution >= 4 is 17.0 Å². The first kappa shape index (κ1) is 15.9. The van der Waals surface area contributed by atoms with Crippen LogP contribution in [0, 0.1) is 19.7 Å². The minimum absolute atomic E-state index is 0.165. The smallest absolute Gasteiger partial charge is 0.267 e. The van der Waals surface area contributed by atoms with Crippen LogP contribution in [-0.4, -0.2) is 20.6 Å². The summed E-state index contributed by atoms with van der Waals surface area (Å²) >= 11 is 0. The van der Waals surface area contributed by atoms with Crippen LogP contribution in [0.4, 0.5) is 4.39 Å². The number of benzene rings is 1. The van der Waals surface area contributed by atoms with Crippen molar-refractivity contribution in [3.05, 3.63) is 57.5 Å². The summed E-state index contributed by atoms with van der Waals surface area (Å²) < 4.78 is 19.1. The molecule has 0 atom stereocenters. The largest absolute Gasteiger partial charge is 0.350 e. The van der Waals surface area contributed by atoms with Gasteiger partial charge in [0, 0.05) is 6.54 Å². The molecular weight excluding hydrogens is 315 g/mol. The van der Waals surface area contributed by atoms with Crippen molar-refractivity contribution in [2.75, 3.05) is 0 Å². The van der Waals surface area contributed by atoms with Gasteiger partial charge >= 0.3 is 0 Å². The number of fused-ring (bicyclic) bond motifs is 1. The standard InChI is InChI=1S/C16H15FN4O3/c1-9-14-15(24-20-9)19-10(2)21(16(14)23)8-13(22)18-7-11-3-5-12(17)6-4-11/h3-6H,7-8H2,1-2H3,(H,18,22). The number of hydrogen-bond acceptors (Lipinski definition) is 5. The van der Waals surface area contributed by atoms with Crippen LogP contribution >= 0.6 is 0 Å². The van der Waals surface area contributed by atoms with Gasteiger partial charge in [-0.2, -0.15) is 4.98 Å². The van der Waals surface area contributed by atoms with E-state index in [9.17, 15) is 14.0 Å². The Hall–Kier alpha value is -3.03. The van der Waals surface area contributed by atoms with Crippen LogP contribution < -0.4 is 10.9 Å². The first-order valence-corrected chi connectivity index (χ1v) is 7.30. The minimum atomic E-state index is -0.367. The molecule has 0 unspecified atom stereocenters. The van der Waals surface area contributed by atoms with E-state index in [2.05, 4.69) is 15.5 Å². The molecule has 0 aliphatic carbocycles. The Balaban J connectivity index is 1.76. The maximum Gasteiger partial charge on any atom is 0.267 e. The molecule has 1 aromatic carbocycles. The highest BCUT2D eigenvalue weighted by Gasteiger charge is 2.16. The van der Waals surface area contributed by atoms with Crippen LogP contribution in [0.25, 0.3) is 11.1 Å². The maximum absolute atomic E-state index is 12.9. The van der Waals surface area contributed by atoms with Gasteiger partial charge in [0.2, 0.25) is 5.91 Å². The summed E-state index contributed by atoms with van der Waals surface area (Å²) in [5.41, 5.74) is 0.992. The lowest BCUT2D eigenvalue weighted by Crippen LogP contribution is -2.33. The molecule has 24 heavy (non-hydrogen) atoms. The number of amides is 1. The molecule has 8 heteroatoms. The van der Waals surface area contributed by atoms with Crippen molar-refractivity contribution in [1.82, 2.24) is 20.0 Å². The second-order valence-corrected chi connectivity index (χ2v) is 5.40. The molecule has 7 nitrogen and oxygen atoms in total. The second kappa shape index (κ2) is 6.23. The van der Waals surface area contributed by atoms with E-state index in [1.165, 1.54) is 16.7 Å². The Labute approximate surface area is 136 Å². The third kappa shape index (κ3) is 3.03. The number of carbonyl (C=O) groups excluding carboxylic acids is 1. The number of hydrogen-bond donors (Lipinski definition) is 1. The summed E-state index contributed by atoms with van der Waals surface area (Å²) in [4.78, 5) is 28.7. The summed E-state index contributed by atoms with van der Waals surface area (Å²) in [6.45, 7) is 3.34. The van der Waals surface area contributed by atoms with Gasteiger partial charge in [-0.05, 0) is 31.5 Å². The highest BCUT2D eigenvalue weighted by molar-refractivity contribution is 5.77. The zero-order valence-corrected chi connectivity index (χ0v) is 13.2. The van der Waals surface area contributed by atoms with Crippen molar-refractivity contribution in [2.24, 2.45) is 0 Å². The Morgan fingerprint density at radius 2 is 2.00 bits per heavy atom. The average Bonchev–Trinajstić information content (AvgIpc) is 2.91. The normalized spacial score (nSPS) is 11.0. The number of halogens is 1. The molecule has 0 radical (unpaired) electrons. The fraction of sp³-hybridized carbons (Fsp3) is 0.250. The molecule has 2 aromatic heterocycles. The van der Waals surface area contributed by atoms with Crippen molar-refractivity contribution in [3.63, 3.8) is 0 Å². The van der Waals surface area contributed by atoms with E-state index in [1.807, 2.05) is 0 Å². The fourth-order valence-electron chi connectivity index (χ4n) is 2.36. The number of carbonyl (C=O) groups is 1. The van der Waals surface area contributed by atoms with Gasteiger partial charge < -0.3 is 9.84 Å². The third-order valence-corrected chi connectivity index (χ3v) is 3.66. The van der Waals surface area contributed by atoms with Crippen molar-refractivity contribution in [2.45, 2.75) is 26.9 Å². The molecule has 0 spiro atoms. The van der Waals surface area contributed by atoms with Gasteiger partial charge in [0.25, 0.3) is 11.3 Å². The molecule has 0 aliphatic heterocycles. The Morgan fingerprint density at radius 3 is 2.71 bits per heavy atom. The lowest BCUT2D eigenvalue weighted by molar-refractivity contribution is -0.121. The second-order valence-electron chi connectivity index (χ2n) is 5.40. The van der Waals surface area contributed by atoms with Crippen LogP contribution in [-0.2, 0) is 17.9 Å². The highest BCUT2D eigenvalue weighted by atomic mass is 19.1. The molecule has 0 saturated heterocycles. The fourth-order valence-corrected chi connectivity index (χ4v) is 2.36. The Bertz CT molecular complexity index is 960. The molecule has 0 aliphatic rings. The summed E-state index contributed by atoms with van der Waals surface area (Å²) in [5, 5.41) is 6.68. The van der Waals surface area contributed by atoms with E-state index in [4.69, 9.17) is 4.52 Å². The van der Waals surface area contributed by atoms with Gasteiger partial charge in [-0.3, -0.25) is 14.2 Å². The van der Waals surface area contributed by atoms with E-state index in [0.29, 0.717) is 11.5 Å². The average molecular weight is 330 g/mol. The van der Waals surface area contributed by atoms with Gasteiger partial charge in [0.1, 0.15) is 23.6 Å². The van der Waals surface area contributed by atoms with Gasteiger partial charge in [-0.25, -0.2) is 4.39 Å². The molecule has 1 N–H and O–H groups in total. The zero-order chi connectivity index (χ0) is 17.3. The van der Waals surface area contributed by atoms with Crippen molar-refractivity contribution in [1.29, 1.82) is 0 Å². The minimum Gasteiger partial charge on any atom is -0.350 e. The lowest BCUT2D eigenvalue weighted by atomic mass is 10.2. The van der Waals surface area contributed by atoms with Gasteiger partial charge in [-0.15, -0.1) is 0 Å². The summed E-state index contributed by atoms with van der Waals surface area (Å²) in [6, 6.07) is 5.81. The van der Waals surface area contributed by atoms with Gasteiger partial charge in [0.05, 0.1) is 5.69 Å². The predicted octanol–water partition coefficient (Wildman–Crippen LogP) is 1.46. The third-order valence-electron chi connectivity index (χ3n) is 3.66. The van der Waals surface area contributed by atoms with Gasteiger partial charge in [0.15, 0.2) is 0 Å². The van der Waals surface area contributed by atoms with E-state index < -0.39 is 0 Å². The molecule has 0 fully saturated rings. The monoisotopic (exact) mass is 330 g/mol. The number of aryl methyl sites for hydroxylation is 2. The molecule has 1 amide bonds. The van der Waals surface area contributed by atoms with Crippen LogP contribution in [0.5, 0.6) is 0 Å². The first-order valence-electron chi connectivity index (χ1n) is 7.30. The van der Waals surface area contributed by atoms with Crippen LogP contribution in [0.1, 0.15) is 17.1 Å². The van der Waals surface area contributed by atoms with Crippen LogP contribution in [0.3, 0.4) is 0 Å². The highest BCUT2D eigenvalue weighted by Crippen LogP contribution is 2.11. The first-order chi connectivity index (χ1) is 11.5. The molecule has 0 saturated carbocycles. The summed E-state index contributed by atoms with van der Waals surface area (Å²) in [7, 11) is 0. The van der Waals surface area contributed by atoms with Crippen molar-refractivity contribution < 1.29 is 13.7 Å². The van der Waals surface area contributed by atoms with E-state index in [1.54, 1.807) is 26.0 Å². The topological polar surface area (TPSA) is 90.0 Å². The Morgan fingerprint density at radius 1 is 1.29 bits per heavy atom. The lowest BCUT2D eigenvalue weighted by Gasteiger charge is -2.09. The maximum atomic E-state index is 12.9. The van der Waals surface area contributed by atoms with E-state index in [0.717, 1.165) is 5.56 Å². The van der Waals surface area contributed by atoms with E-state index in [-0.39, 0.29) is 41.5 Å². The van der Waals surface area contributed by atoms with Crippen LogP contribution in [0.15, 0.2) is 33.6 Å². The molecule has 3 aromatic rings. The van der Waals surface area contributed by atoms with Gasteiger partial charge in [-0.1, -0.05) is 17.3 Å². The molecule has 124 valence electrons. The molecular formula is C16H15FN4O3.